The summed E-state index contributed by atoms with van der Waals surface area (Å²) in [5.41, 5.74) is 1.16. The minimum Gasteiger partial charge on any atom is -0.469 e. The lowest BCUT2D eigenvalue weighted by Crippen LogP contribution is -2.03. The molecule has 1 aromatic rings. The molecule has 0 aliphatic rings. The number of nitrogens with zero attached hydrogens (tertiary/aromatic N) is 1. The Morgan fingerprint density at radius 1 is 1.38 bits per heavy atom. The van der Waals surface area contributed by atoms with Gasteiger partial charge < -0.3 is 4.74 Å². The molecule has 0 unspecified atom stereocenters. The van der Waals surface area contributed by atoms with Crippen molar-refractivity contribution in [3.8, 4) is 0 Å². The Balaban J connectivity index is 2.69. The molecule has 0 aromatic heterocycles. The number of esters is 1. The van der Waals surface area contributed by atoms with E-state index in [2.05, 4.69) is 9.91 Å². The van der Waals surface area contributed by atoms with E-state index in [1.165, 1.54) is 7.11 Å². The van der Waals surface area contributed by atoms with Crippen LogP contribution in [0.25, 0.3) is 0 Å². The van der Waals surface area contributed by atoms with Crippen LogP contribution in [-0.2, 0) is 16.0 Å². The molecular formula is C9H9NO3. The van der Waals surface area contributed by atoms with Gasteiger partial charge in [-0.3, -0.25) is 4.79 Å². The summed E-state index contributed by atoms with van der Waals surface area (Å²) >= 11 is 0. The van der Waals surface area contributed by atoms with Gasteiger partial charge in [-0.1, -0.05) is 12.1 Å². The van der Waals surface area contributed by atoms with Crippen LogP contribution in [0.3, 0.4) is 0 Å². The van der Waals surface area contributed by atoms with Crippen LogP contribution in [0.15, 0.2) is 29.4 Å². The van der Waals surface area contributed by atoms with E-state index < -0.39 is 0 Å². The molecule has 1 rings (SSSR count). The number of ether oxygens (including phenoxy) is 1. The molecule has 0 fully saturated rings. The lowest BCUT2D eigenvalue weighted by molar-refractivity contribution is -0.139. The zero-order valence-electron chi connectivity index (χ0n) is 7.19. The first-order chi connectivity index (χ1) is 6.26. The van der Waals surface area contributed by atoms with Crippen LogP contribution in [0.2, 0.25) is 0 Å². The SMILES string of the molecule is COC(=O)Cc1ccc(N=O)cc1. The summed E-state index contributed by atoms with van der Waals surface area (Å²) in [6, 6.07) is 6.47. The fourth-order valence-electron chi connectivity index (χ4n) is 0.913. The summed E-state index contributed by atoms with van der Waals surface area (Å²) in [6.07, 6.45) is 0.218. The molecule has 0 radical (unpaired) electrons. The molecule has 0 amide bonds. The van der Waals surface area contributed by atoms with Gasteiger partial charge in [0, 0.05) is 0 Å². The van der Waals surface area contributed by atoms with Crippen molar-refractivity contribution >= 4 is 11.7 Å². The van der Waals surface area contributed by atoms with Crippen LogP contribution in [0.1, 0.15) is 5.56 Å². The van der Waals surface area contributed by atoms with Crippen molar-refractivity contribution in [1.82, 2.24) is 0 Å². The van der Waals surface area contributed by atoms with Crippen molar-refractivity contribution in [1.29, 1.82) is 0 Å². The Bertz CT molecular complexity index is 305. The Morgan fingerprint density at radius 3 is 2.46 bits per heavy atom. The number of hydrogen-bond acceptors (Lipinski definition) is 4. The van der Waals surface area contributed by atoms with Gasteiger partial charge in [0.25, 0.3) is 0 Å². The smallest absolute Gasteiger partial charge is 0.309 e. The predicted molar refractivity (Wildman–Crippen MR) is 47.6 cm³/mol. The molecule has 68 valence electrons. The van der Waals surface area contributed by atoms with E-state index in [1.807, 2.05) is 0 Å². The Kier molecular flexibility index (Phi) is 3.14. The topological polar surface area (TPSA) is 55.7 Å². The highest BCUT2D eigenvalue weighted by molar-refractivity contribution is 5.72. The van der Waals surface area contributed by atoms with E-state index in [0.717, 1.165) is 5.56 Å². The number of hydrogen-bond donors (Lipinski definition) is 0. The number of carbonyl (C=O) groups excluding carboxylic acids is 1. The first kappa shape index (κ1) is 9.38. The minimum atomic E-state index is -0.299. The van der Waals surface area contributed by atoms with Crippen molar-refractivity contribution in [2.24, 2.45) is 5.18 Å². The molecule has 13 heavy (non-hydrogen) atoms. The van der Waals surface area contributed by atoms with Crippen LogP contribution >= 0.6 is 0 Å². The molecule has 0 aliphatic carbocycles. The van der Waals surface area contributed by atoms with E-state index >= 15 is 0 Å². The third kappa shape index (κ3) is 2.66. The van der Waals surface area contributed by atoms with Crippen molar-refractivity contribution in [2.45, 2.75) is 6.42 Å². The zero-order chi connectivity index (χ0) is 9.68. The minimum absolute atomic E-state index is 0.218. The molecule has 0 N–H and O–H groups in total. The summed E-state index contributed by atoms with van der Waals surface area (Å²) in [5, 5.41) is 2.74. The predicted octanol–water partition coefficient (Wildman–Crippen LogP) is 1.80. The largest absolute Gasteiger partial charge is 0.469 e. The number of rotatable bonds is 3. The normalized spacial score (nSPS) is 9.31. The molecule has 0 atom stereocenters. The molecule has 0 saturated carbocycles. The second-order valence-electron chi connectivity index (χ2n) is 2.51. The first-order valence-corrected chi connectivity index (χ1v) is 3.75. The second-order valence-corrected chi connectivity index (χ2v) is 2.51. The van der Waals surface area contributed by atoms with Crippen LogP contribution in [-0.4, -0.2) is 13.1 Å². The van der Waals surface area contributed by atoms with Gasteiger partial charge >= 0.3 is 5.97 Å². The molecule has 0 spiro atoms. The maximum absolute atomic E-state index is 10.8. The molecule has 1 aromatic carbocycles. The van der Waals surface area contributed by atoms with Crippen molar-refractivity contribution < 1.29 is 9.53 Å². The van der Waals surface area contributed by atoms with E-state index in [9.17, 15) is 9.70 Å². The van der Waals surface area contributed by atoms with Gasteiger partial charge in [-0.25, -0.2) is 0 Å². The fraction of sp³-hybridized carbons (Fsp3) is 0.222. The van der Waals surface area contributed by atoms with Crippen molar-refractivity contribution in [2.75, 3.05) is 7.11 Å². The highest BCUT2D eigenvalue weighted by Gasteiger charge is 2.01. The maximum atomic E-state index is 10.8. The van der Waals surface area contributed by atoms with Gasteiger partial charge in [-0.2, -0.15) is 0 Å². The molecule has 0 saturated heterocycles. The first-order valence-electron chi connectivity index (χ1n) is 3.75. The number of carbonyl (C=O) groups is 1. The summed E-state index contributed by atoms with van der Waals surface area (Å²) in [6.45, 7) is 0. The Hall–Kier alpha value is -1.71. The highest BCUT2D eigenvalue weighted by Crippen LogP contribution is 2.12. The third-order valence-corrected chi connectivity index (χ3v) is 1.62. The molecule has 0 bridgehead atoms. The van der Waals surface area contributed by atoms with E-state index in [0.29, 0.717) is 5.69 Å². The summed E-state index contributed by atoms with van der Waals surface area (Å²) in [4.78, 5) is 20.9. The number of nitroso groups, excluding NO2 is 1. The van der Waals surface area contributed by atoms with Gasteiger partial charge in [0.05, 0.1) is 13.5 Å². The quantitative estimate of drug-likeness (QED) is 0.525. The average Bonchev–Trinajstić information content (AvgIpc) is 2.19. The maximum Gasteiger partial charge on any atom is 0.309 e. The Morgan fingerprint density at radius 2 is 2.00 bits per heavy atom. The third-order valence-electron chi connectivity index (χ3n) is 1.62. The monoisotopic (exact) mass is 179 g/mol. The van der Waals surface area contributed by atoms with Gasteiger partial charge in [0.2, 0.25) is 0 Å². The summed E-state index contributed by atoms with van der Waals surface area (Å²) < 4.78 is 4.49. The molecule has 0 heterocycles. The van der Waals surface area contributed by atoms with Gasteiger partial charge in [-0.05, 0) is 22.9 Å². The average molecular weight is 179 g/mol. The standard InChI is InChI=1S/C9H9NO3/c1-13-9(11)6-7-2-4-8(10-12)5-3-7/h2-5H,6H2,1H3. The van der Waals surface area contributed by atoms with Gasteiger partial charge in [-0.15, -0.1) is 4.91 Å². The zero-order valence-corrected chi connectivity index (χ0v) is 7.19. The van der Waals surface area contributed by atoms with E-state index in [4.69, 9.17) is 0 Å². The Labute approximate surface area is 75.5 Å². The van der Waals surface area contributed by atoms with E-state index in [1.54, 1.807) is 24.3 Å². The molecule has 4 heteroatoms. The highest BCUT2D eigenvalue weighted by atomic mass is 16.5. The van der Waals surface area contributed by atoms with E-state index in [-0.39, 0.29) is 12.4 Å². The van der Waals surface area contributed by atoms with Crippen LogP contribution in [0.4, 0.5) is 5.69 Å². The molecule has 0 aliphatic heterocycles. The second kappa shape index (κ2) is 4.35. The van der Waals surface area contributed by atoms with Crippen molar-refractivity contribution in [3.63, 3.8) is 0 Å². The number of methoxy groups -OCH3 is 1. The lowest BCUT2D eigenvalue weighted by Gasteiger charge is -1.98. The lowest BCUT2D eigenvalue weighted by atomic mass is 10.1. The molecular weight excluding hydrogens is 170 g/mol. The summed E-state index contributed by atoms with van der Waals surface area (Å²) in [7, 11) is 1.34. The van der Waals surface area contributed by atoms with Crippen LogP contribution < -0.4 is 0 Å². The molecule has 4 nitrogen and oxygen atoms in total. The summed E-state index contributed by atoms with van der Waals surface area (Å²) in [5.74, 6) is -0.299. The van der Waals surface area contributed by atoms with Gasteiger partial charge in [0.15, 0.2) is 0 Å². The van der Waals surface area contributed by atoms with Gasteiger partial charge in [0.1, 0.15) is 5.69 Å². The van der Waals surface area contributed by atoms with Crippen LogP contribution in [0, 0.1) is 4.91 Å². The van der Waals surface area contributed by atoms with Crippen molar-refractivity contribution in [3.05, 3.63) is 34.7 Å². The fourth-order valence-corrected chi connectivity index (χ4v) is 0.913. The number of benzene rings is 1. The van der Waals surface area contributed by atoms with Crippen LogP contribution in [0.5, 0.6) is 0 Å².